The second-order valence-electron chi connectivity index (χ2n) is 4.33. The van der Waals surface area contributed by atoms with Gasteiger partial charge in [0, 0.05) is 19.0 Å². The van der Waals surface area contributed by atoms with Crippen LogP contribution in [0, 0.1) is 5.92 Å². The number of hydrogen-bond acceptors (Lipinski definition) is 4. The number of rotatable bonds is 6. The smallest absolute Gasteiger partial charge is 0.339 e. The lowest BCUT2D eigenvalue weighted by Gasteiger charge is -2.09. The third-order valence-electron chi connectivity index (χ3n) is 2.76. The summed E-state index contributed by atoms with van der Waals surface area (Å²) in [5.74, 6) is -0.646. The van der Waals surface area contributed by atoms with Crippen molar-refractivity contribution in [1.82, 2.24) is 10.3 Å². The van der Waals surface area contributed by atoms with Crippen molar-refractivity contribution >= 4 is 29.3 Å². The summed E-state index contributed by atoms with van der Waals surface area (Å²) in [6, 6.07) is 2.81. The van der Waals surface area contributed by atoms with E-state index >= 15 is 0 Å². The van der Waals surface area contributed by atoms with Gasteiger partial charge in [-0.15, -0.1) is 0 Å². The molecule has 0 bridgehead atoms. The average Bonchev–Trinajstić information content (AvgIpc) is 3.18. The summed E-state index contributed by atoms with van der Waals surface area (Å²) in [6.07, 6.45) is 1.91. The maximum atomic E-state index is 11.4. The van der Waals surface area contributed by atoms with Crippen LogP contribution in [0.15, 0.2) is 12.1 Å². The van der Waals surface area contributed by atoms with Crippen LogP contribution in [0.5, 0.6) is 0 Å². The monoisotopic (exact) mass is 283 g/mol. The lowest BCUT2D eigenvalue weighted by atomic mass is 10.2. The highest BCUT2D eigenvalue weighted by Crippen LogP contribution is 2.28. The predicted octanol–water partition coefficient (Wildman–Crippen LogP) is 1.37. The Morgan fingerprint density at radius 3 is 2.74 bits per heavy atom. The summed E-state index contributed by atoms with van der Waals surface area (Å²) in [5, 5.41) is 14.8. The SMILES string of the molecule is O=C(O)c1ccc(Cl)nc1NCCNC(=O)C1CC1. The number of carbonyl (C=O) groups excluding carboxylic acids is 1. The molecule has 1 saturated carbocycles. The van der Waals surface area contributed by atoms with E-state index < -0.39 is 5.97 Å². The van der Waals surface area contributed by atoms with Gasteiger partial charge in [0.1, 0.15) is 16.5 Å². The zero-order valence-electron chi connectivity index (χ0n) is 10.1. The maximum absolute atomic E-state index is 11.4. The number of carboxylic acids is 1. The van der Waals surface area contributed by atoms with Gasteiger partial charge in [-0.1, -0.05) is 11.6 Å². The molecule has 7 heteroatoms. The van der Waals surface area contributed by atoms with Gasteiger partial charge in [-0.3, -0.25) is 4.79 Å². The molecule has 3 N–H and O–H groups in total. The van der Waals surface area contributed by atoms with E-state index in [-0.39, 0.29) is 28.4 Å². The van der Waals surface area contributed by atoms with E-state index in [4.69, 9.17) is 16.7 Å². The van der Waals surface area contributed by atoms with Crippen LogP contribution in [0.3, 0.4) is 0 Å². The minimum Gasteiger partial charge on any atom is -0.478 e. The molecular weight excluding hydrogens is 270 g/mol. The standard InChI is InChI=1S/C12H14ClN3O3/c13-9-4-3-8(12(18)19)10(16-9)14-5-6-15-11(17)7-1-2-7/h3-4,7H,1-2,5-6H2,(H,14,16)(H,15,17)(H,18,19). The molecule has 6 nitrogen and oxygen atoms in total. The molecule has 1 amide bonds. The van der Waals surface area contributed by atoms with Crippen molar-refractivity contribution in [3.05, 3.63) is 22.8 Å². The Kier molecular flexibility index (Phi) is 4.21. The number of aromatic nitrogens is 1. The highest BCUT2D eigenvalue weighted by atomic mass is 35.5. The van der Waals surface area contributed by atoms with E-state index in [9.17, 15) is 9.59 Å². The molecule has 1 fully saturated rings. The fourth-order valence-corrected chi connectivity index (χ4v) is 1.75. The fourth-order valence-electron chi connectivity index (χ4n) is 1.60. The van der Waals surface area contributed by atoms with E-state index in [0.717, 1.165) is 12.8 Å². The van der Waals surface area contributed by atoms with E-state index in [1.807, 2.05) is 0 Å². The van der Waals surface area contributed by atoms with E-state index in [1.54, 1.807) is 0 Å². The molecule has 1 aliphatic carbocycles. The number of aromatic carboxylic acids is 1. The van der Waals surface area contributed by atoms with Crippen LogP contribution in [-0.2, 0) is 4.79 Å². The van der Waals surface area contributed by atoms with Crippen LogP contribution in [0.1, 0.15) is 23.2 Å². The Bertz CT molecular complexity index is 503. The van der Waals surface area contributed by atoms with Crippen molar-refractivity contribution in [1.29, 1.82) is 0 Å². The van der Waals surface area contributed by atoms with Crippen molar-refractivity contribution in [2.45, 2.75) is 12.8 Å². The Balaban J connectivity index is 1.85. The summed E-state index contributed by atoms with van der Waals surface area (Å²) >= 11 is 5.72. The molecule has 0 aliphatic heterocycles. The molecular formula is C12H14ClN3O3. The van der Waals surface area contributed by atoms with Gasteiger partial charge in [0.05, 0.1) is 0 Å². The van der Waals surface area contributed by atoms with Crippen molar-refractivity contribution in [2.24, 2.45) is 5.92 Å². The van der Waals surface area contributed by atoms with E-state index in [2.05, 4.69) is 15.6 Å². The minimum atomic E-state index is -1.08. The molecule has 1 heterocycles. The number of amides is 1. The van der Waals surface area contributed by atoms with Gasteiger partial charge in [-0.05, 0) is 25.0 Å². The van der Waals surface area contributed by atoms with Crippen LogP contribution in [0.2, 0.25) is 5.15 Å². The molecule has 0 spiro atoms. The fraction of sp³-hybridized carbons (Fsp3) is 0.417. The van der Waals surface area contributed by atoms with Crippen LogP contribution in [0.25, 0.3) is 0 Å². The average molecular weight is 284 g/mol. The zero-order valence-corrected chi connectivity index (χ0v) is 10.9. The zero-order chi connectivity index (χ0) is 13.8. The van der Waals surface area contributed by atoms with Gasteiger partial charge >= 0.3 is 5.97 Å². The molecule has 0 aromatic carbocycles. The maximum Gasteiger partial charge on any atom is 0.339 e. The summed E-state index contributed by atoms with van der Waals surface area (Å²) < 4.78 is 0. The highest BCUT2D eigenvalue weighted by Gasteiger charge is 2.28. The lowest BCUT2D eigenvalue weighted by Crippen LogP contribution is -2.30. The summed E-state index contributed by atoms with van der Waals surface area (Å²) in [6.45, 7) is 0.814. The molecule has 1 aromatic rings. The number of hydrogen-bond donors (Lipinski definition) is 3. The van der Waals surface area contributed by atoms with Gasteiger partial charge in [0.2, 0.25) is 5.91 Å². The second-order valence-corrected chi connectivity index (χ2v) is 4.71. The topological polar surface area (TPSA) is 91.3 Å². The predicted molar refractivity (Wildman–Crippen MR) is 70.4 cm³/mol. The second kappa shape index (κ2) is 5.88. The Labute approximate surface area is 115 Å². The Hall–Kier alpha value is -1.82. The van der Waals surface area contributed by atoms with Crippen LogP contribution in [0.4, 0.5) is 5.82 Å². The van der Waals surface area contributed by atoms with Crippen LogP contribution < -0.4 is 10.6 Å². The van der Waals surface area contributed by atoms with Crippen LogP contribution in [-0.4, -0.2) is 35.1 Å². The van der Waals surface area contributed by atoms with Gasteiger partial charge in [0.15, 0.2) is 0 Å². The Morgan fingerprint density at radius 2 is 2.11 bits per heavy atom. The van der Waals surface area contributed by atoms with Crippen LogP contribution >= 0.6 is 11.6 Å². The van der Waals surface area contributed by atoms with Crippen molar-refractivity contribution in [3.63, 3.8) is 0 Å². The number of nitrogens with zero attached hydrogens (tertiary/aromatic N) is 1. The molecule has 2 rings (SSSR count). The van der Waals surface area contributed by atoms with Crippen molar-refractivity contribution < 1.29 is 14.7 Å². The summed E-state index contributed by atoms with van der Waals surface area (Å²) in [5.41, 5.74) is 0.0536. The van der Waals surface area contributed by atoms with Gasteiger partial charge in [-0.25, -0.2) is 9.78 Å². The van der Waals surface area contributed by atoms with E-state index in [0.29, 0.717) is 13.1 Å². The molecule has 1 aliphatic rings. The summed E-state index contributed by atoms with van der Waals surface area (Å²) in [4.78, 5) is 26.3. The van der Waals surface area contributed by atoms with Crippen molar-refractivity contribution in [3.8, 4) is 0 Å². The molecule has 0 atom stereocenters. The van der Waals surface area contributed by atoms with Gasteiger partial charge in [-0.2, -0.15) is 0 Å². The van der Waals surface area contributed by atoms with Crippen molar-refractivity contribution in [2.75, 3.05) is 18.4 Å². The third kappa shape index (κ3) is 3.82. The highest BCUT2D eigenvalue weighted by molar-refractivity contribution is 6.29. The lowest BCUT2D eigenvalue weighted by molar-refractivity contribution is -0.122. The first-order chi connectivity index (χ1) is 9.08. The minimum absolute atomic E-state index is 0.0536. The number of anilines is 1. The number of pyridine rings is 1. The number of nitrogens with one attached hydrogen (secondary N) is 2. The first kappa shape index (κ1) is 13.6. The molecule has 0 saturated heterocycles. The Morgan fingerprint density at radius 1 is 1.37 bits per heavy atom. The normalized spacial score (nSPS) is 13.9. The number of carbonyl (C=O) groups is 2. The van der Waals surface area contributed by atoms with Gasteiger partial charge in [0.25, 0.3) is 0 Å². The quantitative estimate of drug-likeness (QED) is 0.542. The molecule has 1 aromatic heterocycles. The van der Waals surface area contributed by atoms with E-state index in [1.165, 1.54) is 12.1 Å². The largest absolute Gasteiger partial charge is 0.478 e. The summed E-state index contributed by atoms with van der Waals surface area (Å²) in [7, 11) is 0. The van der Waals surface area contributed by atoms with Gasteiger partial charge < -0.3 is 15.7 Å². The number of halogens is 1. The first-order valence-corrected chi connectivity index (χ1v) is 6.37. The number of carboxylic acid groups (broad SMARTS) is 1. The first-order valence-electron chi connectivity index (χ1n) is 5.99. The third-order valence-corrected chi connectivity index (χ3v) is 2.97. The molecule has 0 unspecified atom stereocenters. The molecule has 102 valence electrons. The molecule has 19 heavy (non-hydrogen) atoms. The molecule has 0 radical (unpaired) electrons.